The van der Waals surface area contributed by atoms with Crippen molar-refractivity contribution in [2.24, 2.45) is 5.73 Å². The molecule has 1 fully saturated rings. The molecule has 1 rings (SSSR count). The molecule has 1 saturated carbocycles. The third-order valence-corrected chi connectivity index (χ3v) is 2.47. The van der Waals surface area contributed by atoms with Crippen molar-refractivity contribution in [1.29, 1.82) is 0 Å². The molecule has 0 aromatic carbocycles. The first-order chi connectivity index (χ1) is 5.90. The number of amides is 1. The Hall–Kier alpha value is -0.570. The van der Waals surface area contributed by atoms with Crippen LogP contribution in [0.4, 0.5) is 0 Å². The van der Waals surface area contributed by atoms with Gasteiger partial charge in [0.1, 0.15) is 0 Å². The highest BCUT2D eigenvalue weighted by atomic mass is 16.2. The molecule has 0 aromatic heterocycles. The van der Waals surface area contributed by atoms with Crippen LogP contribution in [0, 0.1) is 0 Å². The highest BCUT2D eigenvalue weighted by Gasteiger charge is 2.29. The number of nitrogens with zero attached hydrogens (tertiary/aromatic N) is 1. The Kier molecular flexibility index (Phi) is 2.96. The summed E-state index contributed by atoms with van der Waals surface area (Å²) in [5.74, 6) is 0.237. The molecule has 0 aliphatic heterocycles. The number of carbonyl (C=O) groups is 1. The summed E-state index contributed by atoms with van der Waals surface area (Å²) in [6.45, 7) is 3.91. The fraction of sp³-hybridized carbons (Fsp3) is 0.900. The van der Waals surface area contributed by atoms with E-state index in [4.69, 9.17) is 5.73 Å². The second-order valence-electron chi connectivity index (χ2n) is 4.72. The number of carbonyl (C=O) groups excluding carboxylic acids is 1. The van der Waals surface area contributed by atoms with Crippen molar-refractivity contribution in [1.82, 2.24) is 4.90 Å². The summed E-state index contributed by atoms with van der Waals surface area (Å²) < 4.78 is 0. The molecule has 3 nitrogen and oxygen atoms in total. The van der Waals surface area contributed by atoms with Gasteiger partial charge in [0.15, 0.2) is 0 Å². The van der Waals surface area contributed by atoms with E-state index in [-0.39, 0.29) is 11.4 Å². The molecule has 0 radical (unpaired) electrons. The number of nitrogens with two attached hydrogens (primary N) is 1. The van der Waals surface area contributed by atoms with E-state index < -0.39 is 0 Å². The van der Waals surface area contributed by atoms with Crippen molar-refractivity contribution in [3.8, 4) is 0 Å². The predicted molar refractivity (Wildman–Crippen MR) is 53.3 cm³/mol. The van der Waals surface area contributed by atoms with Crippen LogP contribution in [0.2, 0.25) is 0 Å². The summed E-state index contributed by atoms with van der Waals surface area (Å²) in [5.41, 5.74) is 5.58. The van der Waals surface area contributed by atoms with Crippen molar-refractivity contribution in [3.63, 3.8) is 0 Å². The van der Waals surface area contributed by atoms with Gasteiger partial charge in [-0.2, -0.15) is 0 Å². The molecule has 0 heterocycles. The first-order valence-corrected chi connectivity index (χ1v) is 4.95. The Balaban J connectivity index is 2.24. The Labute approximate surface area is 80.3 Å². The van der Waals surface area contributed by atoms with Crippen LogP contribution in [-0.4, -0.2) is 29.4 Å². The summed E-state index contributed by atoms with van der Waals surface area (Å²) in [6.07, 6.45) is 3.70. The van der Waals surface area contributed by atoms with E-state index in [1.807, 2.05) is 25.8 Å². The van der Waals surface area contributed by atoms with Gasteiger partial charge in [-0.25, -0.2) is 0 Å². The molecular formula is C10H20N2O. The quantitative estimate of drug-likeness (QED) is 0.711. The zero-order valence-electron chi connectivity index (χ0n) is 8.84. The third kappa shape index (κ3) is 3.77. The van der Waals surface area contributed by atoms with Crippen molar-refractivity contribution in [2.75, 3.05) is 7.05 Å². The van der Waals surface area contributed by atoms with Crippen molar-refractivity contribution >= 4 is 5.91 Å². The molecule has 0 aromatic rings. The molecule has 13 heavy (non-hydrogen) atoms. The van der Waals surface area contributed by atoms with Gasteiger partial charge in [0.05, 0.1) is 0 Å². The zero-order valence-corrected chi connectivity index (χ0v) is 8.84. The topological polar surface area (TPSA) is 46.3 Å². The van der Waals surface area contributed by atoms with E-state index in [2.05, 4.69) is 0 Å². The van der Waals surface area contributed by atoms with Gasteiger partial charge in [0.25, 0.3) is 0 Å². The van der Waals surface area contributed by atoms with Gasteiger partial charge >= 0.3 is 0 Å². The lowest BCUT2D eigenvalue weighted by atomic mass is 10.00. The largest absolute Gasteiger partial charge is 0.343 e. The summed E-state index contributed by atoms with van der Waals surface area (Å²) in [6, 6.07) is 0.522. The average molecular weight is 184 g/mol. The molecule has 0 saturated heterocycles. The molecule has 0 bridgehead atoms. The minimum absolute atomic E-state index is 0.222. The highest BCUT2D eigenvalue weighted by Crippen LogP contribution is 2.26. The van der Waals surface area contributed by atoms with Crippen LogP contribution in [0.1, 0.15) is 39.5 Å². The highest BCUT2D eigenvalue weighted by molar-refractivity contribution is 5.76. The van der Waals surface area contributed by atoms with E-state index in [1.54, 1.807) is 0 Å². The number of hydrogen-bond acceptors (Lipinski definition) is 2. The minimum Gasteiger partial charge on any atom is -0.343 e. The van der Waals surface area contributed by atoms with Gasteiger partial charge in [-0.15, -0.1) is 0 Å². The molecule has 2 N–H and O–H groups in total. The molecule has 0 atom stereocenters. The molecule has 1 amide bonds. The predicted octanol–water partition coefficient (Wildman–Crippen LogP) is 1.12. The van der Waals surface area contributed by atoms with Crippen molar-refractivity contribution in [2.45, 2.75) is 51.1 Å². The fourth-order valence-electron chi connectivity index (χ4n) is 1.27. The van der Waals surface area contributed by atoms with Crippen LogP contribution in [0.3, 0.4) is 0 Å². The van der Waals surface area contributed by atoms with Crippen LogP contribution in [0.25, 0.3) is 0 Å². The Morgan fingerprint density at radius 3 is 2.46 bits per heavy atom. The second kappa shape index (κ2) is 3.66. The molecule has 76 valence electrons. The van der Waals surface area contributed by atoms with Crippen LogP contribution in [-0.2, 0) is 4.79 Å². The van der Waals surface area contributed by atoms with Gasteiger partial charge < -0.3 is 10.6 Å². The Bertz CT molecular complexity index is 192. The SMILES string of the molecule is CN(C(=O)CCC(C)(C)N)C1CC1. The molecule has 0 spiro atoms. The van der Waals surface area contributed by atoms with Gasteiger partial charge in [-0.05, 0) is 33.1 Å². The van der Waals surface area contributed by atoms with E-state index in [0.717, 1.165) is 6.42 Å². The average Bonchev–Trinajstić information content (AvgIpc) is 2.79. The summed E-state index contributed by atoms with van der Waals surface area (Å²) >= 11 is 0. The monoisotopic (exact) mass is 184 g/mol. The maximum atomic E-state index is 11.5. The van der Waals surface area contributed by atoms with Gasteiger partial charge in [-0.1, -0.05) is 0 Å². The van der Waals surface area contributed by atoms with E-state index in [9.17, 15) is 4.79 Å². The van der Waals surface area contributed by atoms with Gasteiger partial charge in [0, 0.05) is 25.0 Å². The van der Waals surface area contributed by atoms with Crippen molar-refractivity contribution < 1.29 is 4.79 Å². The molecule has 1 aliphatic rings. The Morgan fingerprint density at radius 2 is 2.08 bits per heavy atom. The van der Waals surface area contributed by atoms with Crippen LogP contribution >= 0.6 is 0 Å². The van der Waals surface area contributed by atoms with E-state index in [0.29, 0.717) is 12.5 Å². The lowest BCUT2D eigenvalue weighted by Gasteiger charge is -2.21. The lowest BCUT2D eigenvalue weighted by Crippen LogP contribution is -2.35. The zero-order chi connectivity index (χ0) is 10.1. The lowest BCUT2D eigenvalue weighted by molar-refractivity contribution is -0.130. The standard InChI is InChI=1S/C10H20N2O/c1-10(2,11)7-6-9(13)12(3)8-4-5-8/h8H,4-7,11H2,1-3H3. The van der Waals surface area contributed by atoms with Crippen molar-refractivity contribution in [3.05, 3.63) is 0 Å². The third-order valence-electron chi connectivity index (χ3n) is 2.47. The van der Waals surface area contributed by atoms with Crippen LogP contribution < -0.4 is 5.73 Å². The number of hydrogen-bond donors (Lipinski definition) is 1. The molecule has 3 heteroatoms. The van der Waals surface area contributed by atoms with Crippen LogP contribution in [0.15, 0.2) is 0 Å². The summed E-state index contributed by atoms with van der Waals surface area (Å²) in [7, 11) is 1.89. The molecule has 1 aliphatic carbocycles. The first kappa shape index (κ1) is 10.5. The van der Waals surface area contributed by atoms with E-state index >= 15 is 0 Å². The van der Waals surface area contributed by atoms with E-state index in [1.165, 1.54) is 12.8 Å². The number of rotatable bonds is 4. The first-order valence-electron chi connectivity index (χ1n) is 4.95. The normalized spacial score (nSPS) is 17.2. The second-order valence-corrected chi connectivity index (χ2v) is 4.72. The minimum atomic E-state index is -0.222. The maximum absolute atomic E-state index is 11.5. The Morgan fingerprint density at radius 1 is 1.54 bits per heavy atom. The van der Waals surface area contributed by atoms with Gasteiger partial charge in [0.2, 0.25) is 5.91 Å². The smallest absolute Gasteiger partial charge is 0.222 e. The van der Waals surface area contributed by atoms with Gasteiger partial charge in [-0.3, -0.25) is 4.79 Å². The maximum Gasteiger partial charge on any atom is 0.222 e. The summed E-state index contributed by atoms with van der Waals surface area (Å²) in [4.78, 5) is 13.4. The molecular weight excluding hydrogens is 164 g/mol. The van der Waals surface area contributed by atoms with Crippen LogP contribution in [0.5, 0.6) is 0 Å². The molecule has 0 unspecified atom stereocenters. The summed E-state index contributed by atoms with van der Waals surface area (Å²) in [5, 5.41) is 0. The fourth-order valence-corrected chi connectivity index (χ4v) is 1.27.